The van der Waals surface area contributed by atoms with Crippen LogP contribution in [0.1, 0.15) is 61.0 Å². The summed E-state index contributed by atoms with van der Waals surface area (Å²) in [6.07, 6.45) is 6.29. The number of ether oxygens (including phenoxy) is 2. The van der Waals surface area contributed by atoms with Gasteiger partial charge in [0.15, 0.2) is 0 Å². The first-order valence-corrected chi connectivity index (χ1v) is 10.0. The van der Waals surface area contributed by atoms with Crippen LogP contribution in [0.3, 0.4) is 0 Å². The lowest BCUT2D eigenvalue weighted by Gasteiger charge is -2.32. The van der Waals surface area contributed by atoms with Crippen LogP contribution in [-0.4, -0.2) is 31.8 Å². The second kappa shape index (κ2) is 8.52. The van der Waals surface area contributed by atoms with Crippen molar-refractivity contribution in [1.82, 2.24) is 5.32 Å². The third-order valence-electron chi connectivity index (χ3n) is 5.08. The van der Waals surface area contributed by atoms with Gasteiger partial charge in [0.05, 0.1) is 17.9 Å². The number of nitrogens with two attached hydrogens (primary N) is 1. The third-order valence-corrected chi connectivity index (χ3v) is 5.74. The zero-order valence-corrected chi connectivity index (χ0v) is 16.3. The molecule has 2 atom stereocenters. The number of carbonyl (C=O) groups excluding carboxylic acids is 1. The molecule has 0 aromatic heterocycles. The quantitative estimate of drug-likeness (QED) is 0.405. The summed E-state index contributed by atoms with van der Waals surface area (Å²) in [5.41, 5.74) is 8.61. The fourth-order valence-corrected chi connectivity index (χ4v) is 4.12. The Morgan fingerprint density at radius 3 is 2.76 bits per heavy atom. The predicted octanol–water partition coefficient (Wildman–Crippen LogP) is 3.82. The van der Waals surface area contributed by atoms with Crippen LogP contribution in [0.4, 0.5) is 5.69 Å². The van der Waals surface area contributed by atoms with E-state index in [1.54, 1.807) is 6.07 Å². The molecule has 0 bridgehead atoms. The number of anilines is 1. The average Bonchev–Trinajstić information content (AvgIpc) is 3.45. The first kappa shape index (κ1) is 18.7. The van der Waals surface area contributed by atoms with E-state index in [1.807, 2.05) is 6.07 Å². The lowest BCUT2D eigenvalue weighted by Crippen LogP contribution is -2.30. The molecule has 3 N–H and O–H groups in total. The van der Waals surface area contributed by atoms with Crippen molar-refractivity contribution in [1.29, 1.82) is 0 Å². The first-order valence-electron chi connectivity index (χ1n) is 9.21. The van der Waals surface area contributed by atoms with Gasteiger partial charge in [0, 0.05) is 10.5 Å². The van der Waals surface area contributed by atoms with Gasteiger partial charge in [-0.05, 0) is 58.9 Å². The number of nitrogens with one attached hydrogen (secondary N) is 1. The summed E-state index contributed by atoms with van der Waals surface area (Å²) in [4.78, 5) is 12.4. The number of nitrogen functional groups attached to an aromatic ring is 1. The molecule has 2 aliphatic rings. The zero-order chi connectivity index (χ0) is 17.8. The van der Waals surface area contributed by atoms with Crippen LogP contribution < -0.4 is 11.1 Å². The molecule has 1 saturated carbocycles. The molecule has 0 amide bonds. The third kappa shape index (κ3) is 4.74. The molecule has 0 radical (unpaired) electrons. The Hall–Kier alpha value is -1.11. The molecular weight excluding hydrogens is 384 g/mol. The maximum absolute atomic E-state index is 12.4. The summed E-state index contributed by atoms with van der Waals surface area (Å²) in [6.45, 7) is 3.96. The van der Waals surface area contributed by atoms with Crippen LogP contribution in [0.25, 0.3) is 0 Å². The second-order valence-electron chi connectivity index (χ2n) is 6.95. The lowest BCUT2D eigenvalue weighted by molar-refractivity contribution is 0.0476. The van der Waals surface area contributed by atoms with Gasteiger partial charge in [0.1, 0.15) is 12.7 Å². The van der Waals surface area contributed by atoms with Gasteiger partial charge in [0.2, 0.25) is 0 Å². The Labute approximate surface area is 157 Å². The van der Waals surface area contributed by atoms with Crippen LogP contribution >= 0.6 is 15.9 Å². The molecule has 6 heteroatoms. The number of hydrogen-bond acceptors (Lipinski definition) is 5. The Balaban J connectivity index is 1.84. The molecule has 138 valence electrons. The lowest BCUT2D eigenvalue weighted by atomic mass is 9.80. The monoisotopic (exact) mass is 410 g/mol. The summed E-state index contributed by atoms with van der Waals surface area (Å²) in [7, 11) is 0. The molecule has 1 aliphatic heterocycles. The topological polar surface area (TPSA) is 76.9 Å². The van der Waals surface area contributed by atoms with Crippen molar-refractivity contribution in [2.75, 3.05) is 25.5 Å². The van der Waals surface area contributed by atoms with Gasteiger partial charge in [-0.25, -0.2) is 4.79 Å². The highest BCUT2D eigenvalue weighted by Gasteiger charge is 2.28. The van der Waals surface area contributed by atoms with E-state index in [9.17, 15) is 4.79 Å². The number of epoxide rings is 1. The minimum absolute atomic E-state index is 0.0670. The van der Waals surface area contributed by atoms with Crippen LogP contribution in [0.5, 0.6) is 0 Å². The first-order chi connectivity index (χ1) is 12.1. The van der Waals surface area contributed by atoms with Crippen LogP contribution in [-0.2, 0) is 9.47 Å². The zero-order valence-electron chi connectivity index (χ0n) is 14.7. The Morgan fingerprint density at radius 1 is 1.40 bits per heavy atom. The van der Waals surface area contributed by atoms with Gasteiger partial charge in [-0.15, -0.1) is 0 Å². The van der Waals surface area contributed by atoms with E-state index in [-0.39, 0.29) is 18.1 Å². The van der Waals surface area contributed by atoms with Gasteiger partial charge >= 0.3 is 5.97 Å². The smallest absolute Gasteiger partial charge is 0.338 e. The van der Waals surface area contributed by atoms with Crippen molar-refractivity contribution in [3.63, 3.8) is 0 Å². The van der Waals surface area contributed by atoms with Crippen molar-refractivity contribution < 1.29 is 14.3 Å². The van der Waals surface area contributed by atoms with Crippen LogP contribution in [0.15, 0.2) is 16.6 Å². The number of esters is 1. The fraction of sp³-hybridized carbons (Fsp3) is 0.632. The molecular formula is C19H27BrN2O3. The number of hydrogen-bond donors (Lipinski definition) is 2. The normalized spacial score (nSPS) is 21.8. The highest BCUT2D eigenvalue weighted by molar-refractivity contribution is 9.10. The van der Waals surface area contributed by atoms with Gasteiger partial charge in [-0.2, -0.15) is 0 Å². The minimum Gasteiger partial charge on any atom is -0.459 e. The standard InChI is InChI=1S/C19H27BrN2O3/c1-2-22-18(12-6-4-3-5-7-12)15-8-13(9-16(20)17(15)21)19(23)25-11-14-10-24-14/h8-9,12,14,18,22H,2-7,10-11,21H2,1H3. The Bertz CT molecular complexity index is 613. The summed E-state index contributed by atoms with van der Waals surface area (Å²) in [5, 5.41) is 3.59. The molecule has 1 aromatic rings. The van der Waals surface area contributed by atoms with Crippen molar-refractivity contribution in [3.8, 4) is 0 Å². The number of rotatable bonds is 7. The highest BCUT2D eigenvalue weighted by atomic mass is 79.9. The van der Waals surface area contributed by atoms with E-state index >= 15 is 0 Å². The largest absolute Gasteiger partial charge is 0.459 e. The molecule has 5 nitrogen and oxygen atoms in total. The molecule has 1 saturated heterocycles. The van der Waals surface area contributed by atoms with E-state index in [0.717, 1.165) is 16.6 Å². The molecule has 2 unspecified atom stereocenters. The molecule has 1 aromatic carbocycles. The van der Waals surface area contributed by atoms with E-state index in [1.165, 1.54) is 32.1 Å². The SMILES string of the molecule is CCNC(c1cc(C(=O)OCC2CO2)cc(Br)c1N)C1CCCCC1. The van der Waals surface area contributed by atoms with Gasteiger partial charge < -0.3 is 20.5 Å². The van der Waals surface area contributed by atoms with Crippen molar-refractivity contribution >= 4 is 27.6 Å². The predicted molar refractivity (Wildman–Crippen MR) is 102 cm³/mol. The number of carbonyl (C=O) groups is 1. The Kier molecular flexibility index (Phi) is 6.36. The van der Waals surface area contributed by atoms with Crippen molar-refractivity contribution in [3.05, 3.63) is 27.7 Å². The van der Waals surface area contributed by atoms with E-state index in [0.29, 0.717) is 30.4 Å². The van der Waals surface area contributed by atoms with E-state index in [2.05, 4.69) is 28.2 Å². The van der Waals surface area contributed by atoms with Gasteiger partial charge in [-0.3, -0.25) is 0 Å². The maximum atomic E-state index is 12.4. The fourth-order valence-electron chi connectivity index (χ4n) is 3.65. The molecule has 25 heavy (non-hydrogen) atoms. The highest BCUT2D eigenvalue weighted by Crippen LogP contribution is 2.39. The molecule has 2 fully saturated rings. The van der Waals surface area contributed by atoms with Gasteiger partial charge in [0.25, 0.3) is 0 Å². The molecule has 1 aliphatic carbocycles. The van der Waals surface area contributed by atoms with Crippen molar-refractivity contribution in [2.45, 2.75) is 51.2 Å². The van der Waals surface area contributed by atoms with E-state index in [4.69, 9.17) is 15.2 Å². The molecule has 1 heterocycles. The minimum atomic E-state index is -0.323. The van der Waals surface area contributed by atoms with Crippen LogP contribution in [0, 0.1) is 5.92 Å². The summed E-state index contributed by atoms with van der Waals surface area (Å²) in [6, 6.07) is 3.82. The number of halogens is 1. The average molecular weight is 411 g/mol. The van der Waals surface area contributed by atoms with Crippen LogP contribution in [0.2, 0.25) is 0 Å². The molecule has 0 spiro atoms. The molecule has 3 rings (SSSR count). The summed E-state index contributed by atoms with van der Waals surface area (Å²) >= 11 is 3.52. The maximum Gasteiger partial charge on any atom is 0.338 e. The second-order valence-corrected chi connectivity index (χ2v) is 7.80. The summed E-state index contributed by atoms with van der Waals surface area (Å²) < 4.78 is 11.2. The van der Waals surface area contributed by atoms with E-state index < -0.39 is 0 Å². The Morgan fingerprint density at radius 2 is 2.12 bits per heavy atom. The number of benzene rings is 1. The van der Waals surface area contributed by atoms with Crippen molar-refractivity contribution in [2.24, 2.45) is 5.92 Å². The van der Waals surface area contributed by atoms with Gasteiger partial charge in [-0.1, -0.05) is 26.2 Å². The summed E-state index contributed by atoms with van der Waals surface area (Å²) in [5.74, 6) is 0.227.